The molecule has 0 fully saturated rings. The van der Waals surface area contributed by atoms with Crippen LogP contribution in [0.25, 0.3) is 0 Å². The van der Waals surface area contributed by atoms with E-state index in [1.807, 2.05) is 7.05 Å². The fourth-order valence-corrected chi connectivity index (χ4v) is 3.73. The predicted molar refractivity (Wildman–Crippen MR) is 95.2 cm³/mol. The van der Waals surface area contributed by atoms with E-state index in [4.69, 9.17) is 9.47 Å². The number of benzene rings is 2. The molecule has 0 saturated heterocycles. The van der Waals surface area contributed by atoms with Crippen LogP contribution in [-0.2, 0) is 11.3 Å². The van der Waals surface area contributed by atoms with Crippen molar-refractivity contribution in [3.8, 4) is 5.75 Å². The quantitative estimate of drug-likeness (QED) is 0.629. The molecule has 0 saturated carbocycles. The van der Waals surface area contributed by atoms with Crippen molar-refractivity contribution >= 4 is 19.2 Å². The molecule has 0 aliphatic rings. The highest BCUT2D eigenvalue weighted by atomic mass is 31.1. The molecule has 0 bridgehead atoms. The summed E-state index contributed by atoms with van der Waals surface area (Å²) in [5.74, 6) is 0.943. The summed E-state index contributed by atoms with van der Waals surface area (Å²) < 4.78 is 10.8. The number of nitrogens with one attached hydrogen (secondary N) is 1. The van der Waals surface area contributed by atoms with Gasteiger partial charge in [-0.2, -0.15) is 0 Å². The van der Waals surface area contributed by atoms with E-state index in [-0.39, 0.29) is 6.79 Å². The number of hydrogen-bond acceptors (Lipinski definition) is 3. The third kappa shape index (κ3) is 4.30. The van der Waals surface area contributed by atoms with Gasteiger partial charge in [-0.1, -0.05) is 50.5 Å². The maximum Gasteiger partial charge on any atom is 0.188 e. The number of methoxy groups -OCH3 is 1. The Morgan fingerprint density at radius 2 is 1.91 bits per heavy atom. The highest BCUT2D eigenvalue weighted by molar-refractivity contribution is 7.55. The van der Waals surface area contributed by atoms with Gasteiger partial charge in [-0.15, -0.1) is 0 Å². The van der Waals surface area contributed by atoms with Gasteiger partial charge in [-0.3, -0.25) is 0 Å². The van der Waals surface area contributed by atoms with Gasteiger partial charge in [-0.05, 0) is 37.3 Å². The van der Waals surface area contributed by atoms with E-state index in [1.165, 1.54) is 21.7 Å². The van der Waals surface area contributed by atoms with Crippen molar-refractivity contribution in [2.24, 2.45) is 0 Å². The van der Waals surface area contributed by atoms with Crippen LogP contribution >= 0.6 is 8.58 Å². The van der Waals surface area contributed by atoms with Crippen LogP contribution in [0.5, 0.6) is 5.75 Å². The molecule has 2 aromatic rings. The smallest absolute Gasteiger partial charge is 0.188 e. The Hall–Kier alpha value is -1.41. The van der Waals surface area contributed by atoms with Crippen molar-refractivity contribution in [2.45, 2.75) is 20.4 Å². The lowest BCUT2D eigenvalue weighted by Gasteiger charge is -2.16. The van der Waals surface area contributed by atoms with Crippen LogP contribution in [0.2, 0.25) is 0 Å². The molecule has 118 valence electrons. The first-order valence-corrected chi connectivity index (χ1v) is 8.38. The van der Waals surface area contributed by atoms with Crippen LogP contribution in [0, 0.1) is 13.8 Å². The molecule has 22 heavy (non-hydrogen) atoms. The summed E-state index contributed by atoms with van der Waals surface area (Å²) in [5.41, 5.74) is 3.78. The summed E-state index contributed by atoms with van der Waals surface area (Å²) in [7, 11) is 4.19. The van der Waals surface area contributed by atoms with Gasteiger partial charge in [-0.25, -0.2) is 0 Å². The molecule has 0 aliphatic carbocycles. The zero-order chi connectivity index (χ0) is 15.9. The highest BCUT2D eigenvalue weighted by Crippen LogP contribution is 2.24. The predicted octanol–water partition coefficient (Wildman–Crippen LogP) is 2.63. The minimum atomic E-state index is 0.277. The Morgan fingerprint density at radius 1 is 1.09 bits per heavy atom. The van der Waals surface area contributed by atoms with Gasteiger partial charge in [0.15, 0.2) is 6.79 Å². The van der Waals surface area contributed by atoms with Crippen LogP contribution in [0.4, 0.5) is 0 Å². The van der Waals surface area contributed by atoms with Gasteiger partial charge in [0, 0.05) is 19.0 Å². The van der Waals surface area contributed by atoms with Crippen molar-refractivity contribution in [1.29, 1.82) is 0 Å². The first-order valence-electron chi connectivity index (χ1n) is 7.38. The standard InChI is InChI=1S/C18H24NO2P/c1-13-8-9-16(15(10-13)11-19-3)22-17-7-5-6-14(2)18(17)21-12-20-4/h5-10,19,22H,11-12H2,1-4H3. The molecule has 0 heterocycles. The summed E-state index contributed by atoms with van der Waals surface area (Å²) in [5, 5.41) is 5.83. The third-order valence-corrected chi connectivity index (χ3v) is 4.85. The second-order valence-corrected chi connectivity index (χ2v) is 6.65. The summed E-state index contributed by atoms with van der Waals surface area (Å²) in [4.78, 5) is 0. The molecule has 0 amide bonds. The monoisotopic (exact) mass is 317 g/mol. The Balaban J connectivity index is 2.32. The van der Waals surface area contributed by atoms with Crippen LogP contribution in [0.15, 0.2) is 36.4 Å². The summed E-state index contributed by atoms with van der Waals surface area (Å²) >= 11 is 0. The molecule has 0 aromatic heterocycles. The fraction of sp³-hybridized carbons (Fsp3) is 0.333. The minimum Gasteiger partial charge on any atom is -0.467 e. The first-order chi connectivity index (χ1) is 10.7. The zero-order valence-corrected chi connectivity index (χ0v) is 14.7. The van der Waals surface area contributed by atoms with Crippen LogP contribution < -0.4 is 20.7 Å². The lowest BCUT2D eigenvalue weighted by Crippen LogP contribution is -2.17. The molecule has 3 nitrogen and oxygen atoms in total. The molecule has 1 unspecified atom stereocenters. The Bertz CT molecular complexity index is 628. The Kier molecular flexibility index (Phi) is 6.38. The van der Waals surface area contributed by atoms with Crippen LogP contribution in [-0.4, -0.2) is 21.0 Å². The number of rotatable bonds is 7. The van der Waals surface area contributed by atoms with Crippen molar-refractivity contribution in [3.63, 3.8) is 0 Å². The Labute approximate surface area is 134 Å². The first kappa shape index (κ1) is 17.0. The molecular formula is C18H24NO2P. The van der Waals surface area contributed by atoms with Gasteiger partial charge in [0.25, 0.3) is 0 Å². The highest BCUT2D eigenvalue weighted by Gasteiger charge is 2.10. The number of para-hydroxylation sites is 1. The molecule has 0 radical (unpaired) electrons. The molecule has 1 atom stereocenters. The zero-order valence-electron chi connectivity index (χ0n) is 13.7. The lowest BCUT2D eigenvalue weighted by molar-refractivity contribution is 0.0514. The summed E-state index contributed by atoms with van der Waals surface area (Å²) in [6, 6.07) is 12.9. The largest absolute Gasteiger partial charge is 0.467 e. The Morgan fingerprint density at radius 3 is 2.64 bits per heavy atom. The number of ether oxygens (including phenoxy) is 2. The molecule has 2 rings (SSSR count). The van der Waals surface area contributed by atoms with E-state index in [2.05, 4.69) is 55.6 Å². The van der Waals surface area contributed by atoms with E-state index < -0.39 is 0 Å². The number of aryl methyl sites for hydroxylation is 2. The van der Waals surface area contributed by atoms with Crippen LogP contribution in [0.1, 0.15) is 16.7 Å². The SMILES string of the molecule is CNCc1cc(C)ccc1Pc1cccc(C)c1OCOC. The van der Waals surface area contributed by atoms with Crippen molar-refractivity contribution in [2.75, 3.05) is 21.0 Å². The average Bonchev–Trinajstić information content (AvgIpc) is 2.50. The molecule has 2 aromatic carbocycles. The second-order valence-electron chi connectivity index (χ2n) is 5.32. The summed E-state index contributed by atoms with van der Waals surface area (Å²) in [6.07, 6.45) is 0. The second kappa shape index (κ2) is 8.28. The minimum absolute atomic E-state index is 0.277. The third-order valence-electron chi connectivity index (χ3n) is 3.43. The molecule has 0 spiro atoms. The average molecular weight is 317 g/mol. The van der Waals surface area contributed by atoms with Crippen molar-refractivity contribution in [1.82, 2.24) is 5.32 Å². The van der Waals surface area contributed by atoms with Gasteiger partial charge < -0.3 is 14.8 Å². The van der Waals surface area contributed by atoms with Gasteiger partial charge in [0.2, 0.25) is 0 Å². The maximum atomic E-state index is 5.78. The van der Waals surface area contributed by atoms with E-state index in [0.29, 0.717) is 8.58 Å². The maximum absolute atomic E-state index is 5.78. The van der Waals surface area contributed by atoms with Gasteiger partial charge in [0.1, 0.15) is 5.75 Å². The van der Waals surface area contributed by atoms with E-state index >= 15 is 0 Å². The molecule has 4 heteroatoms. The fourth-order valence-electron chi connectivity index (χ4n) is 2.39. The van der Waals surface area contributed by atoms with Gasteiger partial charge in [0.05, 0.1) is 0 Å². The molecule has 0 aliphatic heterocycles. The van der Waals surface area contributed by atoms with Crippen LogP contribution in [0.3, 0.4) is 0 Å². The van der Waals surface area contributed by atoms with Crippen molar-refractivity contribution < 1.29 is 9.47 Å². The van der Waals surface area contributed by atoms with E-state index in [1.54, 1.807) is 7.11 Å². The summed E-state index contributed by atoms with van der Waals surface area (Å²) in [6.45, 7) is 5.36. The lowest BCUT2D eigenvalue weighted by atomic mass is 10.1. The topological polar surface area (TPSA) is 30.5 Å². The van der Waals surface area contributed by atoms with Crippen molar-refractivity contribution in [3.05, 3.63) is 53.1 Å². The molecule has 1 N–H and O–H groups in total. The number of hydrogen-bond donors (Lipinski definition) is 1. The molecular weight excluding hydrogens is 293 g/mol. The van der Waals surface area contributed by atoms with Gasteiger partial charge >= 0.3 is 0 Å². The normalized spacial score (nSPS) is 11.3. The van der Waals surface area contributed by atoms with E-state index in [9.17, 15) is 0 Å². The van der Waals surface area contributed by atoms with E-state index in [0.717, 1.165) is 17.9 Å².